The molecule has 1 heterocycles. The minimum absolute atomic E-state index is 0.379. The van der Waals surface area contributed by atoms with Crippen molar-refractivity contribution in [3.05, 3.63) is 23.3 Å². The number of β-amino-alcohol motifs (C(OH)–C–C–N with tert-alkyl or cyclic N) is 1. The highest BCUT2D eigenvalue weighted by Gasteiger charge is 2.51. The number of hydrogen-bond acceptors (Lipinski definition) is 4. The third-order valence-corrected chi connectivity index (χ3v) is 9.64. The second-order valence-electron chi connectivity index (χ2n) is 12.0. The van der Waals surface area contributed by atoms with Crippen LogP contribution in [0.25, 0.3) is 0 Å². The van der Waals surface area contributed by atoms with Gasteiger partial charge >= 0.3 is 0 Å². The second kappa shape index (κ2) is 9.90. The highest BCUT2D eigenvalue weighted by atomic mass is 16.3. The van der Waals surface area contributed by atoms with Crippen molar-refractivity contribution in [3.8, 4) is 0 Å². The number of likely N-dealkylation sites (tertiary alicyclic amines) is 1. The predicted molar refractivity (Wildman–Crippen MR) is 130 cm³/mol. The lowest BCUT2D eigenvalue weighted by atomic mass is 9.61. The maximum Gasteiger partial charge on any atom is 0.0771 e. The molecule has 0 spiro atoms. The maximum atomic E-state index is 10.8. The van der Waals surface area contributed by atoms with Crippen molar-refractivity contribution >= 4 is 0 Å². The van der Waals surface area contributed by atoms with Crippen LogP contribution in [0.3, 0.4) is 0 Å². The van der Waals surface area contributed by atoms with Crippen LogP contribution in [0, 0.1) is 23.2 Å². The zero-order chi connectivity index (χ0) is 22.9. The number of aliphatic hydroxyl groups is 3. The lowest BCUT2D eigenvalue weighted by Gasteiger charge is -2.46. The summed E-state index contributed by atoms with van der Waals surface area (Å²) in [6.07, 6.45) is 15.1. The van der Waals surface area contributed by atoms with Crippen LogP contribution >= 0.6 is 0 Å². The van der Waals surface area contributed by atoms with Crippen LogP contribution in [0.5, 0.6) is 0 Å². The van der Waals surface area contributed by atoms with E-state index in [2.05, 4.69) is 37.8 Å². The van der Waals surface area contributed by atoms with Gasteiger partial charge in [0, 0.05) is 13.1 Å². The van der Waals surface area contributed by atoms with E-state index in [0.717, 1.165) is 44.8 Å². The van der Waals surface area contributed by atoms with Crippen molar-refractivity contribution < 1.29 is 15.3 Å². The molecule has 1 aliphatic heterocycles. The molecule has 4 heteroatoms. The Balaban J connectivity index is 1.43. The lowest BCUT2D eigenvalue weighted by Crippen LogP contribution is -2.50. The first-order valence-electron chi connectivity index (χ1n) is 13.4. The lowest BCUT2D eigenvalue weighted by molar-refractivity contribution is -0.0420. The molecular weight excluding hydrogens is 398 g/mol. The predicted octanol–water partition coefficient (Wildman–Crippen LogP) is 4.83. The van der Waals surface area contributed by atoms with Gasteiger partial charge in [0.1, 0.15) is 0 Å². The molecule has 182 valence electrons. The van der Waals surface area contributed by atoms with Gasteiger partial charge < -0.3 is 20.2 Å². The van der Waals surface area contributed by atoms with E-state index in [9.17, 15) is 15.3 Å². The average Bonchev–Trinajstić information content (AvgIpc) is 3.09. The molecule has 0 aromatic rings. The maximum absolute atomic E-state index is 10.8. The van der Waals surface area contributed by atoms with Crippen molar-refractivity contribution in [1.29, 1.82) is 0 Å². The summed E-state index contributed by atoms with van der Waals surface area (Å²) >= 11 is 0. The fraction of sp³-hybridized carbons (Fsp3) is 0.857. The number of fused-ring (bicyclic) bond motifs is 1. The number of nitrogens with zero attached hydrogens (tertiary/aromatic N) is 1. The van der Waals surface area contributed by atoms with Crippen molar-refractivity contribution in [1.82, 2.24) is 4.90 Å². The van der Waals surface area contributed by atoms with E-state index in [1.165, 1.54) is 37.7 Å². The van der Waals surface area contributed by atoms with E-state index in [4.69, 9.17) is 0 Å². The molecule has 1 unspecified atom stereocenters. The topological polar surface area (TPSA) is 63.9 Å². The van der Waals surface area contributed by atoms with Gasteiger partial charge in [0.2, 0.25) is 0 Å². The standard InChI is InChI=1S/C28H47NO3/c1-4-28(32)13-6-14-29(19-28)18-20(2)25-10-11-26-22(7-5-12-27(25,26)3)9-8-21-15-23(30)17-24(31)16-21/h8-9,20,23-26,30-32H,4-7,10-19H2,1-3H3/t20-,23-,24-,25-,26+,27-,28?/m1/s1. The van der Waals surface area contributed by atoms with E-state index in [1.54, 1.807) is 5.57 Å². The molecule has 0 radical (unpaired) electrons. The third-order valence-electron chi connectivity index (χ3n) is 9.64. The Morgan fingerprint density at radius 3 is 2.56 bits per heavy atom. The quantitative estimate of drug-likeness (QED) is 0.567. The minimum atomic E-state index is -0.478. The fourth-order valence-corrected chi connectivity index (χ4v) is 7.93. The summed E-state index contributed by atoms with van der Waals surface area (Å²) in [5, 5.41) is 30.8. The van der Waals surface area contributed by atoms with Crippen LogP contribution < -0.4 is 0 Å². The summed E-state index contributed by atoms with van der Waals surface area (Å²) in [5.74, 6) is 2.08. The Hall–Kier alpha value is -0.680. The smallest absolute Gasteiger partial charge is 0.0771 e. The van der Waals surface area contributed by atoms with Gasteiger partial charge in [-0.05, 0) is 100 Å². The summed E-state index contributed by atoms with van der Waals surface area (Å²) in [6, 6.07) is 0. The van der Waals surface area contributed by atoms with Crippen LogP contribution in [0.15, 0.2) is 23.3 Å². The molecule has 1 saturated heterocycles. The fourth-order valence-electron chi connectivity index (χ4n) is 7.93. The monoisotopic (exact) mass is 445 g/mol. The first-order chi connectivity index (χ1) is 15.2. The highest BCUT2D eigenvalue weighted by Crippen LogP contribution is 2.59. The average molecular weight is 446 g/mol. The molecule has 3 N–H and O–H groups in total. The minimum Gasteiger partial charge on any atom is -0.393 e. The number of aliphatic hydroxyl groups excluding tert-OH is 2. The van der Waals surface area contributed by atoms with E-state index < -0.39 is 17.8 Å². The SMILES string of the molecule is CCC1(O)CCCN(C[C@@H](C)[C@H]2CC[C@H]3C(=CC=C4C[C@@H](O)C[C@H](O)C4)CCC[C@]23C)C1. The zero-order valence-electron chi connectivity index (χ0n) is 20.7. The van der Waals surface area contributed by atoms with Gasteiger partial charge in [-0.3, -0.25) is 0 Å². The van der Waals surface area contributed by atoms with Crippen molar-refractivity contribution in [2.45, 2.75) is 109 Å². The molecule has 4 rings (SSSR count). The Bertz CT molecular complexity index is 705. The number of piperidine rings is 1. The van der Waals surface area contributed by atoms with E-state index in [-0.39, 0.29) is 0 Å². The molecule has 4 aliphatic rings. The van der Waals surface area contributed by atoms with Crippen LogP contribution in [0.4, 0.5) is 0 Å². The summed E-state index contributed by atoms with van der Waals surface area (Å²) in [5.41, 5.74) is 2.71. The summed E-state index contributed by atoms with van der Waals surface area (Å²) in [6.45, 7) is 10.2. The Labute approximate surface area is 195 Å². The molecule has 7 atom stereocenters. The van der Waals surface area contributed by atoms with Gasteiger partial charge in [-0.15, -0.1) is 0 Å². The van der Waals surface area contributed by atoms with Crippen molar-refractivity contribution in [3.63, 3.8) is 0 Å². The van der Waals surface area contributed by atoms with E-state index in [1.807, 2.05) is 0 Å². The number of hydrogen-bond donors (Lipinski definition) is 3. The molecule has 3 aliphatic carbocycles. The molecule has 0 aromatic heterocycles. The molecule has 3 saturated carbocycles. The third kappa shape index (κ3) is 5.19. The second-order valence-corrected chi connectivity index (χ2v) is 12.0. The number of allylic oxidation sites excluding steroid dienone is 3. The van der Waals surface area contributed by atoms with Crippen molar-refractivity contribution in [2.24, 2.45) is 23.2 Å². The van der Waals surface area contributed by atoms with Gasteiger partial charge in [0.25, 0.3) is 0 Å². The number of rotatable bonds is 5. The van der Waals surface area contributed by atoms with Crippen LogP contribution in [0.2, 0.25) is 0 Å². The van der Waals surface area contributed by atoms with Gasteiger partial charge in [0.05, 0.1) is 17.8 Å². The van der Waals surface area contributed by atoms with Gasteiger partial charge in [-0.1, -0.05) is 44.1 Å². The summed E-state index contributed by atoms with van der Waals surface area (Å²) in [7, 11) is 0. The molecule has 4 nitrogen and oxygen atoms in total. The first-order valence-corrected chi connectivity index (χ1v) is 13.4. The first kappa shape index (κ1) is 24.4. The van der Waals surface area contributed by atoms with E-state index in [0.29, 0.717) is 36.5 Å². The van der Waals surface area contributed by atoms with Crippen LogP contribution in [0.1, 0.15) is 91.4 Å². The van der Waals surface area contributed by atoms with E-state index >= 15 is 0 Å². The molecule has 0 amide bonds. The molecule has 0 aromatic carbocycles. The van der Waals surface area contributed by atoms with Crippen LogP contribution in [-0.4, -0.2) is 57.7 Å². The van der Waals surface area contributed by atoms with Gasteiger partial charge in [-0.25, -0.2) is 0 Å². The van der Waals surface area contributed by atoms with Gasteiger partial charge in [-0.2, -0.15) is 0 Å². The molecular formula is C28H47NO3. The Kier molecular flexibility index (Phi) is 7.56. The Morgan fingerprint density at radius 2 is 1.84 bits per heavy atom. The largest absolute Gasteiger partial charge is 0.393 e. The molecule has 32 heavy (non-hydrogen) atoms. The van der Waals surface area contributed by atoms with Gasteiger partial charge in [0.15, 0.2) is 0 Å². The molecule has 0 bridgehead atoms. The normalized spacial score (nSPS) is 43.3. The summed E-state index contributed by atoms with van der Waals surface area (Å²) < 4.78 is 0. The van der Waals surface area contributed by atoms with Crippen LogP contribution in [-0.2, 0) is 0 Å². The highest BCUT2D eigenvalue weighted by molar-refractivity contribution is 5.26. The zero-order valence-corrected chi connectivity index (χ0v) is 20.7. The van der Waals surface area contributed by atoms with Crippen molar-refractivity contribution in [2.75, 3.05) is 19.6 Å². The summed E-state index contributed by atoms with van der Waals surface area (Å²) in [4.78, 5) is 2.54. The molecule has 4 fully saturated rings. The Morgan fingerprint density at radius 1 is 1.09 bits per heavy atom.